The number of benzene rings is 3. The molecule has 0 aliphatic carbocycles. The van der Waals surface area contributed by atoms with Crippen LogP contribution in [0.2, 0.25) is 0 Å². The van der Waals surface area contributed by atoms with Crippen LogP contribution in [0.15, 0.2) is 87.1 Å². The highest BCUT2D eigenvalue weighted by atomic mass is 79.9. The van der Waals surface area contributed by atoms with Gasteiger partial charge in [0.05, 0.1) is 22.2 Å². The lowest BCUT2D eigenvalue weighted by Gasteiger charge is -2.30. The van der Waals surface area contributed by atoms with Crippen LogP contribution in [0.5, 0.6) is 5.75 Å². The summed E-state index contributed by atoms with van der Waals surface area (Å²) in [6.45, 7) is -0.386. The molecule has 3 amide bonds. The first kappa shape index (κ1) is 29.2. The number of nitrogens with one attached hydrogen (secondary N) is 1. The van der Waals surface area contributed by atoms with Crippen molar-refractivity contribution in [2.75, 3.05) is 10.2 Å². The number of rotatable bonds is 5. The van der Waals surface area contributed by atoms with Crippen molar-refractivity contribution in [2.45, 2.75) is 28.9 Å². The number of thiazole rings is 1. The molecule has 3 heterocycles. The summed E-state index contributed by atoms with van der Waals surface area (Å²) in [5, 5.41) is 11.4. The van der Waals surface area contributed by atoms with Crippen molar-refractivity contribution in [2.24, 2.45) is 5.92 Å². The highest BCUT2D eigenvalue weighted by molar-refractivity contribution is 9.10. The standard InChI is InChI=1S/C29H19BrF3N3O5S2/c30-16-6-4-14(5-7-16)21-22-23(26(40)36(25(22)39)18-3-1-2-15(12-18)29(31,32)33)42-27-24(21)43-28(41)35(27)13-20(38)34-17-8-10-19(37)11-9-17/h1-12,21-23,37H,13H2,(H,34,38). The van der Waals surface area contributed by atoms with Crippen LogP contribution in [0, 0.1) is 5.92 Å². The van der Waals surface area contributed by atoms with Gasteiger partial charge in [-0.15, -0.1) is 0 Å². The molecule has 2 aliphatic rings. The van der Waals surface area contributed by atoms with Gasteiger partial charge in [0.1, 0.15) is 17.5 Å². The first-order chi connectivity index (χ1) is 20.4. The number of anilines is 2. The fraction of sp³-hybridized carbons (Fsp3) is 0.172. The van der Waals surface area contributed by atoms with Crippen molar-refractivity contribution in [1.82, 2.24) is 4.57 Å². The number of nitrogens with zero attached hydrogens (tertiary/aromatic N) is 2. The Morgan fingerprint density at radius 1 is 0.977 bits per heavy atom. The highest BCUT2D eigenvalue weighted by Crippen LogP contribution is 2.54. The van der Waals surface area contributed by atoms with Crippen molar-refractivity contribution in [3.63, 3.8) is 0 Å². The number of fused-ring (bicyclic) bond motifs is 2. The van der Waals surface area contributed by atoms with Crippen LogP contribution in [0.4, 0.5) is 24.5 Å². The lowest BCUT2D eigenvalue weighted by Crippen LogP contribution is -2.33. The minimum atomic E-state index is -4.68. The topological polar surface area (TPSA) is 109 Å². The molecular weight excluding hydrogens is 671 g/mol. The molecule has 0 saturated carbocycles. The summed E-state index contributed by atoms with van der Waals surface area (Å²) in [5.41, 5.74) is -0.156. The molecule has 0 spiro atoms. The summed E-state index contributed by atoms with van der Waals surface area (Å²) in [7, 11) is 0. The first-order valence-corrected chi connectivity index (χ1v) is 15.2. The molecule has 1 aromatic heterocycles. The molecule has 0 bridgehead atoms. The normalized spacial score (nSPS) is 19.7. The predicted octanol–water partition coefficient (Wildman–Crippen LogP) is 5.83. The van der Waals surface area contributed by atoms with Crippen molar-refractivity contribution in [1.29, 1.82) is 0 Å². The highest BCUT2D eigenvalue weighted by Gasteiger charge is 2.57. The number of hydrogen-bond donors (Lipinski definition) is 2. The Morgan fingerprint density at radius 2 is 1.67 bits per heavy atom. The van der Waals surface area contributed by atoms with Gasteiger partial charge in [0, 0.05) is 21.0 Å². The van der Waals surface area contributed by atoms with Gasteiger partial charge in [0.15, 0.2) is 0 Å². The SMILES string of the molecule is O=C(Cn1c2c(sc1=O)C(c1ccc(Br)cc1)C1C(=O)N(c3cccc(C(F)(F)F)c3)C(=O)C1S2)Nc1ccc(O)cc1. The molecule has 14 heteroatoms. The van der Waals surface area contributed by atoms with E-state index in [1.54, 1.807) is 24.3 Å². The Morgan fingerprint density at radius 3 is 2.35 bits per heavy atom. The number of thioether (sulfide) groups is 1. The average Bonchev–Trinajstić information content (AvgIpc) is 3.40. The summed E-state index contributed by atoms with van der Waals surface area (Å²) in [6.07, 6.45) is -4.68. The minimum Gasteiger partial charge on any atom is -0.508 e. The second-order valence-electron chi connectivity index (χ2n) is 9.87. The molecule has 0 radical (unpaired) electrons. The molecule has 2 N–H and O–H groups in total. The van der Waals surface area contributed by atoms with Crippen LogP contribution in [0.3, 0.4) is 0 Å². The van der Waals surface area contributed by atoms with E-state index in [4.69, 9.17) is 0 Å². The smallest absolute Gasteiger partial charge is 0.416 e. The van der Waals surface area contributed by atoms with Crippen molar-refractivity contribution in [3.8, 4) is 5.75 Å². The van der Waals surface area contributed by atoms with Gasteiger partial charge in [-0.2, -0.15) is 13.2 Å². The summed E-state index contributed by atoms with van der Waals surface area (Å²) < 4.78 is 42.4. The van der Waals surface area contributed by atoms with Crippen LogP contribution >= 0.6 is 39.0 Å². The molecule has 2 aliphatic heterocycles. The van der Waals surface area contributed by atoms with E-state index in [1.165, 1.54) is 34.9 Å². The van der Waals surface area contributed by atoms with Crippen molar-refractivity contribution >= 4 is 68.1 Å². The van der Waals surface area contributed by atoms with Crippen molar-refractivity contribution < 1.29 is 32.7 Å². The number of aromatic nitrogens is 1. The third-order valence-corrected chi connectivity index (χ3v) is 10.3. The molecule has 3 unspecified atom stereocenters. The molecule has 220 valence electrons. The average molecular weight is 691 g/mol. The Bertz CT molecular complexity index is 1820. The number of imide groups is 1. The zero-order valence-corrected chi connectivity index (χ0v) is 24.9. The van der Waals surface area contributed by atoms with Gasteiger partial charge in [0.25, 0.3) is 0 Å². The number of halogens is 4. The summed E-state index contributed by atoms with van der Waals surface area (Å²) in [4.78, 5) is 54.7. The molecule has 3 aromatic carbocycles. The molecule has 1 fully saturated rings. The largest absolute Gasteiger partial charge is 0.508 e. The second-order valence-corrected chi connectivity index (χ2v) is 12.9. The number of carbonyl (C=O) groups is 3. The van der Waals surface area contributed by atoms with Crippen LogP contribution in [-0.4, -0.2) is 32.6 Å². The number of aromatic hydroxyl groups is 1. The zero-order valence-electron chi connectivity index (χ0n) is 21.7. The molecule has 4 aromatic rings. The van der Waals surface area contributed by atoms with E-state index in [0.29, 0.717) is 21.2 Å². The Balaban J connectivity index is 1.40. The van der Waals surface area contributed by atoms with Gasteiger partial charge in [-0.1, -0.05) is 57.2 Å². The number of phenols is 1. The van der Waals surface area contributed by atoms with Crippen LogP contribution in [-0.2, 0) is 27.1 Å². The maximum absolute atomic E-state index is 13.9. The van der Waals surface area contributed by atoms with Gasteiger partial charge in [-0.25, -0.2) is 4.90 Å². The van der Waals surface area contributed by atoms with Crippen LogP contribution in [0.1, 0.15) is 21.9 Å². The Kier molecular flexibility index (Phi) is 7.47. The van der Waals surface area contributed by atoms with E-state index in [1.807, 2.05) is 0 Å². The summed E-state index contributed by atoms with van der Waals surface area (Å²) >= 11 is 5.20. The predicted molar refractivity (Wildman–Crippen MR) is 158 cm³/mol. The fourth-order valence-electron chi connectivity index (χ4n) is 5.25. The number of phenolic OH excluding ortho intramolecular Hbond substituents is 1. The molecule has 1 saturated heterocycles. The second kappa shape index (κ2) is 11.0. The molecule has 43 heavy (non-hydrogen) atoms. The van der Waals surface area contributed by atoms with E-state index in [-0.39, 0.29) is 18.0 Å². The quantitative estimate of drug-likeness (QED) is 0.202. The van der Waals surface area contributed by atoms with E-state index < -0.39 is 51.4 Å². The van der Waals surface area contributed by atoms with E-state index >= 15 is 0 Å². The summed E-state index contributed by atoms with van der Waals surface area (Å²) in [6, 6.07) is 16.8. The monoisotopic (exact) mass is 689 g/mol. The maximum Gasteiger partial charge on any atom is 0.416 e. The van der Waals surface area contributed by atoms with Gasteiger partial charge in [-0.05, 0) is 60.2 Å². The molecule has 3 atom stereocenters. The lowest BCUT2D eigenvalue weighted by atomic mass is 9.83. The van der Waals surface area contributed by atoms with Crippen LogP contribution in [0.25, 0.3) is 0 Å². The van der Waals surface area contributed by atoms with Crippen LogP contribution < -0.4 is 15.1 Å². The zero-order chi connectivity index (χ0) is 30.6. The number of carbonyl (C=O) groups excluding carboxylic acids is 3. The lowest BCUT2D eigenvalue weighted by molar-refractivity contribution is -0.137. The summed E-state index contributed by atoms with van der Waals surface area (Å²) in [5.74, 6) is -3.65. The third-order valence-electron chi connectivity index (χ3n) is 7.16. The number of alkyl halides is 3. The Hall–Kier alpha value is -3.88. The Labute approximate surface area is 258 Å². The molecule has 6 rings (SSSR count). The van der Waals surface area contributed by atoms with Gasteiger partial charge in [0.2, 0.25) is 17.7 Å². The maximum atomic E-state index is 13.9. The van der Waals surface area contributed by atoms with E-state index in [2.05, 4.69) is 21.2 Å². The molecule has 8 nitrogen and oxygen atoms in total. The number of hydrogen-bond acceptors (Lipinski definition) is 7. The third kappa shape index (κ3) is 5.38. The minimum absolute atomic E-state index is 0.0148. The number of amides is 3. The first-order valence-electron chi connectivity index (χ1n) is 12.7. The van der Waals surface area contributed by atoms with Gasteiger partial charge < -0.3 is 10.4 Å². The van der Waals surface area contributed by atoms with Crippen molar-refractivity contribution in [3.05, 3.63) is 103 Å². The van der Waals surface area contributed by atoms with Gasteiger partial charge >= 0.3 is 11.0 Å². The molecular formula is C29H19BrF3N3O5S2. The van der Waals surface area contributed by atoms with Gasteiger partial charge in [-0.3, -0.25) is 23.7 Å². The fourth-order valence-corrected chi connectivity index (χ4v) is 8.29. The van der Waals surface area contributed by atoms with E-state index in [9.17, 15) is 37.5 Å². The van der Waals surface area contributed by atoms with E-state index in [0.717, 1.165) is 50.7 Å².